The van der Waals surface area contributed by atoms with E-state index in [2.05, 4.69) is 6.58 Å². The molecule has 0 heterocycles. The first-order valence-electron chi connectivity index (χ1n) is 4.94. The zero-order valence-electron chi connectivity index (χ0n) is 8.71. The van der Waals surface area contributed by atoms with Gasteiger partial charge in [0.05, 0.1) is 12.2 Å². The van der Waals surface area contributed by atoms with E-state index in [1.54, 1.807) is 0 Å². The highest BCUT2D eigenvalue weighted by atomic mass is 16.4. The zero-order valence-corrected chi connectivity index (χ0v) is 8.71. The normalized spacial score (nSPS) is 19.3. The van der Waals surface area contributed by atoms with Crippen LogP contribution in [0.3, 0.4) is 0 Å². The molecule has 0 aromatic heterocycles. The van der Waals surface area contributed by atoms with Crippen molar-refractivity contribution < 1.29 is 25.5 Å². The molecule has 5 nitrogen and oxygen atoms in total. The quantitative estimate of drug-likeness (QED) is 0.330. The number of hydrogen-bond donors (Lipinski definition) is 5. The number of aliphatic hydroxyl groups excluding tert-OH is 4. The van der Waals surface area contributed by atoms with E-state index in [0.717, 1.165) is 0 Å². The van der Waals surface area contributed by atoms with Gasteiger partial charge in [-0.1, -0.05) is 6.08 Å². The fraction of sp³-hybridized carbons (Fsp3) is 0.800. The standard InChI is InChI=1S/C10H20O5/c1-2-5-10(15,8(13)3-6-11)9(14)4-7-12/h2,8-9,11-15H,1,3-7H2. The van der Waals surface area contributed by atoms with Crippen LogP contribution in [0, 0.1) is 0 Å². The van der Waals surface area contributed by atoms with Gasteiger partial charge in [0.15, 0.2) is 0 Å². The highest BCUT2D eigenvalue weighted by molar-refractivity contribution is 4.97. The van der Waals surface area contributed by atoms with Crippen LogP contribution in [0.1, 0.15) is 19.3 Å². The summed E-state index contributed by atoms with van der Waals surface area (Å²) >= 11 is 0. The van der Waals surface area contributed by atoms with Crippen LogP contribution in [0.4, 0.5) is 0 Å². The molecule has 0 rings (SSSR count). The Morgan fingerprint density at radius 3 is 1.73 bits per heavy atom. The summed E-state index contributed by atoms with van der Waals surface area (Å²) in [6.45, 7) is 2.85. The Labute approximate surface area is 89.3 Å². The first-order chi connectivity index (χ1) is 7.02. The van der Waals surface area contributed by atoms with Gasteiger partial charge in [-0.25, -0.2) is 0 Å². The predicted octanol–water partition coefficient (Wildman–Crippen LogP) is -1.22. The highest BCUT2D eigenvalue weighted by Crippen LogP contribution is 2.25. The molecule has 0 fully saturated rings. The summed E-state index contributed by atoms with van der Waals surface area (Å²) in [5, 5.41) is 46.5. The van der Waals surface area contributed by atoms with E-state index in [4.69, 9.17) is 10.2 Å². The van der Waals surface area contributed by atoms with Crippen molar-refractivity contribution in [1.29, 1.82) is 0 Å². The molecule has 2 unspecified atom stereocenters. The minimum atomic E-state index is -1.76. The molecule has 0 saturated heterocycles. The van der Waals surface area contributed by atoms with Gasteiger partial charge < -0.3 is 25.5 Å². The molecule has 0 radical (unpaired) electrons. The lowest BCUT2D eigenvalue weighted by Crippen LogP contribution is -2.52. The number of hydrogen-bond acceptors (Lipinski definition) is 5. The molecule has 0 aliphatic carbocycles. The van der Waals surface area contributed by atoms with Gasteiger partial charge in [-0.2, -0.15) is 0 Å². The first kappa shape index (κ1) is 14.5. The molecule has 0 aromatic carbocycles. The maximum absolute atomic E-state index is 10.0. The summed E-state index contributed by atoms with van der Waals surface area (Å²) in [7, 11) is 0. The van der Waals surface area contributed by atoms with Crippen LogP contribution in [0.5, 0.6) is 0 Å². The molecule has 0 spiro atoms. The molecular formula is C10H20O5. The van der Waals surface area contributed by atoms with Crippen molar-refractivity contribution in [2.75, 3.05) is 13.2 Å². The molecule has 90 valence electrons. The first-order valence-corrected chi connectivity index (χ1v) is 4.94. The van der Waals surface area contributed by atoms with Gasteiger partial charge in [-0.15, -0.1) is 6.58 Å². The van der Waals surface area contributed by atoms with Gasteiger partial charge in [-0.3, -0.25) is 0 Å². The highest BCUT2D eigenvalue weighted by Gasteiger charge is 2.40. The Bertz CT molecular complexity index is 171. The van der Waals surface area contributed by atoms with Crippen LogP contribution in [0.2, 0.25) is 0 Å². The van der Waals surface area contributed by atoms with E-state index in [1.165, 1.54) is 6.08 Å². The van der Waals surface area contributed by atoms with E-state index >= 15 is 0 Å². The fourth-order valence-electron chi connectivity index (χ4n) is 1.47. The third-order valence-electron chi connectivity index (χ3n) is 2.43. The second-order valence-corrected chi connectivity index (χ2v) is 3.54. The van der Waals surface area contributed by atoms with E-state index < -0.39 is 17.8 Å². The topological polar surface area (TPSA) is 101 Å². The predicted molar refractivity (Wildman–Crippen MR) is 55.2 cm³/mol. The maximum Gasteiger partial charge on any atom is 0.120 e. The average molecular weight is 220 g/mol. The zero-order chi connectivity index (χ0) is 11.9. The van der Waals surface area contributed by atoms with Crippen molar-refractivity contribution >= 4 is 0 Å². The molecule has 0 aliphatic heterocycles. The van der Waals surface area contributed by atoms with Crippen LogP contribution in [-0.4, -0.2) is 56.6 Å². The maximum atomic E-state index is 10.0. The fourth-order valence-corrected chi connectivity index (χ4v) is 1.47. The van der Waals surface area contributed by atoms with Crippen molar-refractivity contribution in [2.24, 2.45) is 0 Å². The van der Waals surface area contributed by atoms with E-state index in [9.17, 15) is 15.3 Å². The largest absolute Gasteiger partial charge is 0.396 e. The van der Waals surface area contributed by atoms with E-state index in [0.29, 0.717) is 0 Å². The van der Waals surface area contributed by atoms with Gasteiger partial charge in [0.2, 0.25) is 0 Å². The molecule has 0 aromatic rings. The second-order valence-electron chi connectivity index (χ2n) is 3.54. The molecule has 0 aliphatic rings. The lowest BCUT2D eigenvalue weighted by molar-refractivity contribution is -0.152. The second kappa shape index (κ2) is 6.92. The molecular weight excluding hydrogens is 200 g/mol. The van der Waals surface area contributed by atoms with Gasteiger partial charge in [-0.05, 0) is 19.3 Å². The van der Waals surface area contributed by atoms with Crippen LogP contribution in [-0.2, 0) is 0 Å². The Kier molecular flexibility index (Phi) is 6.71. The van der Waals surface area contributed by atoms with Crippen LogP contribution < -0.4 is 0 Å². The van der Waals surface area contributed by atoms with Crippen molar-refractivity contribution in [3.63, 3.8) is 0 Å². The molecule has 0 amide bonds. The van der Waals surface area contributed by atoms with Crippen molar-refractivity contribution in [2.45, 2.75) is 37.1 Å². The monoisotopic (exact) mass is 220 g/mol. The molecule has 0 saturated carbocycles. The third kappa shape index (κ3) is 3.89. The van der Waals surface area contributed by atoms with Gasteiger partial charge in [0.1, 0.15) is 5.60 Å². The Morgan fingerprint density at radius 1 is 1.07 bits per heavy atom. The molecule has 15 heavy (non-hydrogen) atoms. The Hall–Kier alpha value is -0.460. The summed E-state index contributed by atoms with van der Waals surface area (Å²) in [6, 6.07) is 0. The number of aliphatic hydroxyl groups is 5. The summed E-state index contributed by atoms with van der Waals surface area (Å²) in [5.74, 6) is 0. The minimum Gasteiger partial charge on any atom is -0.396 e. The minimum absolute atomic E-state index is 0.00463. The lowest BCUT2D eigenvalue weighted by atomic mass is 9.84. The Balaban J connectivity index is 4.61. The summed E-state index contributed by atoms with van der Waals surface area (Å²) in [4.78, 5) is 0. The van der Waals surface area contributed by atoms with Crippen LogP contribution >= 0.6 is 0 Å². The SMILES string of the molecule is C=CCC(O)(C(O)CCO)C(O)CCO. The van der Waals surface area contributed by atoms with Gasteiger partial charge in [0, 0.05) is 13.2 Å². The van der Waals surface area contributed by atoms with Crippen LogP contribution in [0.25, 0.3) is 0 Å². The van der Waals surface area contributed by atoms with Crippen molar-refractivity contribution in [3.05, 3.63) is 12.7 Å². The molecule has 5 heteroatoms. The van der Waals surface area contributed by atoms with Gasteiger partial charge >= 0.3 is 0 Å². The average Bonchev–Trinajstić information content (AvgIpc) is 2.18. The van der Waals surface area contributed by atoms with Crippen LogP contribution in [0.15, 0.2) is 12.7 Å². The summed E-state index contributed by atoms with van der Waals surface area (Å²) < 4.78 is 0. The summed E-state index contributed by atoms with van der Waals surface area (Å²) in [5.41, 5.74) is -1.76. The Morgan fingerprint density at radius 2 is 1.47 bits per heavy atom. The smallest absolute Gasteiger partial charge is 0.120 e. The third-order valence-corrected chi connectivity index (χ3v) is 2.43. The number of rotatable bonds is 8. The molecule has 5 N–H and O–H groups in total. The van der Waals surface area contributed by atoms with Crippen molar-refractivity contribution in [3.8, 4) is 0 Å². The molecule has 2 atom stereocenters. The van der Waals surface area contributed by atoms with Crippen molar-refractivity contribution in [1.82, 2.24) is 0 Å². The van der Waals surface area contributed by atoms with Gasteiger partial charge in [0.25, 0.3) is 0 Å². The van der Waals surface area contributed by atoms with E-state index in [1.807, 2.05) is 0 Å². The van der Waals surface area contributed by atoms with E-state index in [-0.39, 0.29) is 32.5 Å². The molecule has 0 bridgehead atoms. The lowest BCUT2D eigenvalue weighted by Gasteiger charge is -2.36. The summed E-state index contributed by atoms with van der Waals surface area (Å²) in [6.07, 6.45) is -1.19.